The third-order valence-corrected chi connectivity index (χ3v) is 5.41. The maximum Gasteiger partial charge on any atom is 0.244 e. The Morgan fingerprint density at radius 3 is 2.73 bits per heavy atom. The second-order valence-electron chi connectivity index (χ2n) is 6.61. The van der Waals surface area contributed by atoms with Crippen molar-refractivity contribution in [3.63, 3.8) is 0 Å². The SMILES string of the molecule is CC(c1nc2ccccc2o1)N(C)C1CCN(c2ccccc2Cl)C1=O. The molecule has 0 saturated carbocycles. The molecule has 0 spiro atoms. The molecule has 0 N–H and O–H groups in total. The lowest BCUT2D eigenvalue weighted by molar-refractivity contribution is -0.122. The number of oxazole rings is 1. The number of aromatic nitrogens is 1. The summed E-state index contributed by atoms with van der Waals surface area (Å²) in [4.78, 5) is 21.3. The Hall–Kier alpha value is -2.37. The number of carbonyl (C=O) groups is 1. The van der Waals surface area contributed by atoms with Crippen LogP contribution in [0.25, 0.3) is 11.1 Å². The van der Waals surface area contributed by atoms with E-state index in [1.807, 2.05) is 67.4 Å². The molecular formula is C20H20ClN3O2. The first kappa shape index (κ1) is 17.1. The molecule has 1 aliphatic rings. The molecule has 2 atom stereocenters. The third kappa shape index (κ3) is 2.87. The van der Waals surface area contributed by atoms with Crippen LogP contribution < -0.4 is 4.90 Å². The van der Waals surface area contributed by atoms with E-state index in [1.54, 1.807) is 4.90 Å². The molecule has 1 aromatic heterocycles. The van der Waals surface area contributed by atoms with Crippen LogP contribution in [0.1, 0.15) is 25.3 Å². The van der Waals surface area contributed by atoms with Crippen LogP contribution in [0.5, 0.6) is 0 Å². The summed E-state index contributed by atoms with van der Waals surface area (Å²) in [6.07, 6.45) is 0.741. The molecule has 6 heteroatoms. The molecule has 4 rings (SSSR count). The molecular weight excluding hydrogens is 350 g/mol. The zero-order valence-corrected chi connectivity index (χ0v) is 15.5. The number of anilines is 1. The van der Waals surface area contributed by atoms with Crippen molar-refractivity contribution >= 4 is 34.3 Å². The van der Waals surface area contributed by atoms with Crippen LogP contribution >= 0.6 is 11.6 Å². The zero-order chi connectivity index (χ0) is 18.3. The van der Waals surface area contributed by atoms with Crippen LogP contribution in [0.4, 0.5) is 5.69 Å². The molecule has 1 amide bonds. The van der Waals surface area contributed by atoms with Gasteiger partial charge in [-0.15, -0.1) is 0 Å². The summed E-state index contributed by atoms with van der Waals surface area (Å²) < 4.78 is 5.88. The van der Waals surface area contributed by atoms with E-state index in [0.717, 1.165) is 23.2 Å². The Labute approximate surface area is 157 Å². The monoisotopic (exact) mass is 369 g/mol. The molecule has 26 heavy (non-hydrogen) atoms. The quantitative estimate of drug-likeness (QED) is 0.688. The average molecular weight is 370 g/mol. The molecule has 0 aliphatic carbocycles. The molecule has 5 nitrogen and oxygen atoms in total. The minimum absolute atomic E-state index is 0.0589. The molecule has 0 radical (unpaired) electrons. The second kappa shape index (κ2) is 6.74. The predicted molar refractivity (Wildman–Crippen MR) is 102 cm³/mol. The van der Waals surface area contributed by atoms with Crippen LogP contribution in [-0.4, -0.2) is 35.4 Å². The van der Waals surface area contributed by atoms with E-state index < -0.39 is 0 Å². The fourth-order valence-electron chi connectivity index (χ4n) is 3.47. The average Bonchev–Trinajstić information content (AvgIpc) is 3.24. The van der Waals surface area contributed by atoms with Crippen molar-refractivity contribution in [2.75, 3.05) is 18.5 Å². The maximum absolute atomic E-state index is 13.0. The predicted octanol–water partition coefficient (Wildman–Crippen LogP) is 4.28. The topological polar surface area (TPSA) is 49.6 Å². The molecule has 2 unspecified atom stereocenters. The van der Waals surface area contributed by atoms with Crippen molar-refractivity contribution in [1.82, 2.24) is 9.88 Å². The van der Waals surface area contributed by atoms with Crippen LogP contribution in [0, 0.1) is 0 Å². The summed E-state index contributed by atoms with van der Waals surface area (Å²) in [5.74, 6) is 0.682. The number of fused-ring (bicyclic) bond motifs is 1. The Morgan fingerprint density at radius 1 is 1.23 bits per heavy atom. The highest BCUT2D eigenvalue weighted by Gasteiger charge is 2.38. The molecule has 2 aromatic carbocycles. The first-order valence-corrected chi connectivity index (χ1v) is 9.07. The Kier molecular flexibility index (Phi) is 4.42. The van der Waals surface area contributed by atoms with Gasteiger partial charge in [0.05, 0.1) is 22.8 Å². The van der Waals surface area contributed by atoms with Gasteiger partial charge in [0.25, 0.3) is 0 Å². The van der Waals surface area contributed by atoms with Gasteiger partial charge in [0.1, 0.15) is 5.52 Å². The smallest absolute Gasteiger partial charge is 0.244 e. The highest BCUT2D eigenvalue weighted by atomic mass is 35.5. The highest BCUT2D eigenvalue weighted by Crippen LogP contribution is 2.33. The minimum Gasteiger partial charge on any atom is -0.439 e. The first-order valence-electron chi connectivity index (χ1n) is 8.69. The number of halogens is 1. The Bertz CT molecular complexity index is 922. The maximum atomic E-state index is 13.0. The number of hydrogen-bond donors (Lipinski definition) is 0. The Morgan fingerprint density at radius 2 is 1.96 bits per heavy atom. The largest absolute Gasteiger partial charge is 0.439 e. The minimum atomic E-state index is -0.226. The number of hydrogen-bond acceptors (Lipinski definition) is 4. The van der Waals surface area contributed by atoms with Gasteiger partial charge in [0.2, 0.25) is 11.8 Å². The number of amides is 1. The fourth-order valence-corrected chi connectivity index (χ4v) is 3.70. The van der Waals surface area contributed by atoms with Gasteiger partial charge in [-0.2, -0.15) is 0 Å². The van der Waals surface area contributed by atoms with E-state index in [2.05, 4.69) is 4.98 Å². The molecule has 3 aromatic rings. The molecule has 0 bridgehead atoms. The summed E-state index contributed by atoms with van der Waals surface area (Å²) in [6.45, 7) is 2.66. The molecule has 2 heterocycles. The number of rotatable bonds is 4. The normalized spacial score (nSPS) is 18.8. The third-order valence-electron chi connectivity index (χ3n) is 5.09. The first-order chi connectivity index (χ1) is 12.6. The molecule has 134 valence electrons. The number of carbonyl (C=O) groups excluding carboxylic acids is 1. The van der Waals surface area contributed by atoms with E-state index in [-0.39, 0.29) is 18.0 Å². The molecule has 1 saturated heterocycles. The summed E-state index contributed by atoms with van der Waals surface area (Å²) in [7, 11) is 1.94. The number of likely N-dealkylation sites (N-methyl/N-ethyl adjacent to an activating group) is 1. The van der Waals surface area contributed by atoms with Crippen molar-refractivity contribution in [3.05, 3.63) is 59.4 Å². The standard InChI is InChI=1S/C20H20ClN3O2/c1-13(19-22-15-8-4-6-10-18(15)26-19)23(2)17-11-12-24(20(17)25)16-9-5-3-7-14(16)21/h3-10,13,17H,11-12H2,1-2H3. The Balaban J connectivity index is 1.55. The van der Waals surface area contributed by atoms with Crippen molar-refractivity contribution in [1.29, 1.82) is 0 Å². The van der Waals surface area contributed by atoms with Gasteiger partial charge in [0, 0.05) is 6.54 Å². The van der Waals surface area contributed by atoms with Crippen LogP contribution in [0.2, 0.25) is 5.02 Å². The lowest BCUT2D eigenvalue weighted by Crippen LogP contribution is -2.41. The molecule has 1 fully saturated rings. The van der Waals surface area contributed by atoms with Gasteiger partial charge in [-0.1, -0.05) is 35.9 Å². The van der Waals surface area contributed by atoms with Crippen molar-refractivity contribution < 1.29 is 9.21 Å². The fraction of sp³-hybridized carbons (Fsp3) is 0.300. The van der Waals surface area contributed by atoms with Crippen LogP contribution in [0.15, 0.2) is 52.9 Å². The van der Waals surface area contributed by atoms with Crippen LogP contribution in [-0.2, 0) is 4.79 Å². The van der Waals surface area contributed by atoms with Crippen molar-refractivity contribution in [2.45, 2.75) is 25.4 Å². The van der Waals surface area contributed by atoms with E-state index in [0.29, 0.717) is 17.5 Å². The lowest BCUT2D eigenvalue weighted by atomic mass is 10.1. The van der Waals surface area contributed by atoms with Crippen molar-refractivity contribution in [3.8, 4) is 0 Å². The number of nitrogens with zero attached hydrogens (tertiary/aromatic N) is 3. The zero-order valence-electron chi connectivity index (χ0n) is 14.7. The summed E-state index contributed by atoms with van der Waals surface area (Å²) in [5, 5.41) is 0.594. The summed E-state index contributed by atoms with van der Waals surface area (Å²) in [5.41, 5.74) is 2.36. The highest BCUT2D eigenvalue weighted by molar-refractivity contribution is 6.33. The van der Waals surface area contributed by atoms with Crippen LogP contribution in [0.3, 0.4) is 0 Å². The van der Waals surface area contributed by atoms with E-state index >= 15 is 0 Å². The number of benzene rings is 2. The van der Waals surface area contributed by atoms with Gasteiger partial charge in [-0.3, -0.25) is 9.69 Å². The summed E-state index contributed by atoms with van der Waals surface area (Å²) >= 11 is 6.27. The van der Waals surface area contributed by atoms with Crippen molar-refractivity contribution in [2.24, 2.45) is 0 Å². The second-order valence-corrected chi connectivity index (χ2v) is 7.01. The van der Waals surface area contributed by atoms with Gasteiger partial charge in [-0.25, -0.2) is 4.98 Å². The van der Waals surface area contributed by atoms with E-state index in [9.17, 15) is 4.79 Å². The van der Waals surface area contributed by atoms with Gasteiger partial charge < -0.3 is 9.32 Å². The van der Waals surface area contributed by atoms with Gasteiger partial charge in [-0.05, 0) is 44.7 Å². The van der Waals surface area contributed by atoms with E-state index in [1.165, 1.54) is 0 Å². The van der Waals surface area contributed by atoms with E-state index in [4.69, 9.17) is 16.0 Å². The lowest BCUT2D eigenvalue weighted by Gasteiger charge is -2.27. The van der Waals surface area contributed by atoms with Gasteiger partial charge in [0.15, 0.2) is 5.58 Å². The van der Waals surface area contributed by atoms with Gasteiger partial charge >= 0.3 is 0 Å². The molecule has 1 aliphatic heterocycles. The summed E-state index contributed by atoms with van der Waals surface area (Å²) in [6, 6.07) is 14.8. The number of para-hydroxylation sites is 3.